The van der Waals surface area contributed by atoms with Gasteiger partial charge in [-0.1, -0.05) is 6.92 Å². The van der Waals surface area contributed by atoms with Crippen molar-refractivity contribution in [2.24, 2.45) is 5.92 Å². The zero-order valence-corrected chi connectivity index (χ0v) is 10.9. The molecular weight excluding hydrogens is 222 g/mol. The Balaban J connectivity index is 2.03. The lowest BCUT2D eigenvalue weighted by Crippen LogP contribution is -2.45. The fourth-order valence-electron chi connectivity index (χ4n) is 1.89. The third-order valence-corrected chi connectivity index (χ3v) is 3.00. The molecular formula is C12H25NO4. The summed E-state index contributed by atoms with van der Waals surface area (Å²) in [6, 6.07) is 0.442. The van der Waals surface area contributed by atoms with Crippen LogP contribution in [0.3, 0.4) is 0 Å². The molecule has 0 aliphatic carbocycles. The van der Waals surface area contributed by atoms with Crippen LogP contribution in [0.4, 0.5) is 0 Å². The molecule has 0 spiro atoms. The Hall–Kier alpha value is -0.200. The van der Waals surface area contributed by atoms with E-state index >= 15 is 0 Å². The molecule has 1 saturated heterocycles. The molecule has 1 rings (SSSR count). The molecule has 17 heavy (non-hydrogen) atoms. The van der Waals surface area contributed by atoms with Crippen LogP contribution in [-0.4, -0.2) is 63.9 Å². The van der Waals surface area contributed by atoms with Crippen LogP contribution in [0.2, 0.25) is 0 Å². The summed E-state index contributed by atoms with van der Waals surface area (Å²) in [5, 5.41) is 13.1. The Morgan fingerprint density at radius 3 is 3.00 bits per heavy atom. The normalized spacial score (nSPS) is 27.0. The van der Waals surface area contributed by atoms with Crippen molar-refractivity contribution in [1.82, 2.24) is 5.32 Å². The second-order valence-electron chi connectivity index (χ2n) is 4.58. The summed E-state index contributed by atoms with van der Waals surface area (Å²) in [6.45, 7) is 5.80. The maximum absolute atomic E-state index is 9.71. The first kappa shape index (κ1) is 14.9. The lowest BCUT2D eigenvalue weighted by Gasteiger charge is -2.30. The van der Waals surface area contributed by atoms with E-state index in [2.05, 4.69) is 12.2 Å². The number of ether oxygens (including phenoxy) is 3. The predicted octanol–water partition coefficient (Wildman–Crippen LogP) is 0.0249. The van der Waals surface area contributed by atoms with Crippen LogP contribution in [0.5, 0.6) is 0 Å². The third-order valence-electron chi connectivity index (χ3n) is 3.00. The number of hydrogen-bond acceptors (Lipinski definition) is 5. The number of aliphatic hydroxyl groups excluding tert-OH is 1. The average molecular weight is 247 g/mol. The SMILES string of the molecule is COCCOCC(O)CNC1CCOCC1C. The van der Waals surface area contributed by atoms with Gasteiger partial charge in [0.15, 0.2) is 0 Å². The topological polar surface area (TPSA) is 60.0 Å². The zero-order chi connectivity index (χ0) is 12.5. The van der Waals surface area contributed by atoms with E-state index in [4.69, 9.17) is 14.2 Å². The van der Waals surface area contributed by atoms with Crippen molar-refractivity contribution in [1.29, 1.82) is 0 Å². The molecule has 0 amide bonds. The van der Waals surface area contributed by atoms with E-state index in [1.165, 1.54) is 0 Å². The van der Waals surface area contributed by atoms with Gasteiger partial charge in [-0.15, -0.1) is 0 Å². The minimum atomic E-state index is -0.457. The van der Waals surface area contributed by atoms with E-state index < -0.39 is 6.10 Å². The number of methoxy groups -OCH3 is 1. The lowest BCUT2D eigenvalue weighted by atomic mass is 9.98. The Labute approximate surface area is 103 Å². The van der Waals surface area contributed by atoms with Gasteiger partial charge in [-0.25, -0.2) is 0 Å². The lowest BCUT2D eigenvalue weighted by molar-refractivity contribution is 0.00486. The largest absolute Gasteiger partial charge is 0.389 e. The molecule has 0 aromatic carbocycles. The van der Waals surface area contributed by atoms with Crippen LogP contribution < -0.4 is 5.32 Å². The van der Waals surface area contributed by atoms with E-state index in [9.17, 15) is 5.11 Å². The summed E-state index contributed by atoms with van der Waals surface area (Å²) >= 11 is 0. The van der Waals surface area contributed by atoms with Gasteiger partial charge in [0.2, 0.25) is 0 Å². The van der Waals surface area contributed by atoms with Crippen molar-refractivity contribution in [2.75, 3.05) is 46.7 Å². The van der Waals surface area contributed by atoms with Gasteiger partial charge in [0.25, 0.3) is 0 Å². The average Bonchev–Trinajstić information content (AvgIpc) is 2.34. The summed E-state index contributed by atoms with van der Waals surface area (Å²) < 4.78 is 15.5. The predicted molar refractivity (Wildman–Crippen MR) is 65.1 cm³/mol. The number of aliphatic hydroxyl groups is 1. The zero-order valence-electron chi connectivity index (χ0n) is 10.9. The van der Waals surface area contributed by atoms with Crippen molar-refractivity contribution in [3.8, 4) is 0 Å². The standard InChI is InChI=1S/C12H25NO4/c1-10-8-16-4-3-12(10)13-7-11(14)9-17-6-5-15-2/h10-14H,3-9H2,1-2H3. The first-order chi connectivity index (χ1) is 8.24. The van der Waals surface area contributed by atoms with Crippen LogP contribution in [0.25, 0.3) is 0 Å². The van der Waals surface area contributed by atoms with Gasteiger partial charge in [0, 0.05) is 26.3 Å². The quantitative estimate of drug-likeness (QED) is 0.592. The monoisotopic (exact) mass is 247 g/mol. The smallest absolute Gasteiger partial charge is 0.0897 e. The van der Waals surface area contributed by atoms with Crippen molar-refractivity contribution in [3.63, 3.8) is 0 Å². The summed E-state index contributed by atoms with van der Waals surface area (Å²) in [5.41, 5.74) is 0. The molecule has 0 bridgehead atoms. The van der Waals surface area contributed by atoms with Gasteiger partial charge in [0.1, 0.15) is 0 Å². The second-order valence-corrected chi connectivity index (χ2v) is 4.58. The molecule has 0 saturated carbocycles. The molecule has 102 valence electrons. The maximum atomic E-state index is 9.71. The summed E-state index contributed by atoms with van der Waals surface area (Å²) in [7, 11) is 1.63. The van der Waals surface area contributed by atoms with E-state index in [1.54, 1.807) is 7.11 Å². The molecule has 0 aromatic rings. The molecule has 1 fully saturated rings. The molecule has 3 unspecified atom stereocenters. The number of nitrogens with one attached hydrogen (secondary N) is 1. The second kappa shape index (κ2) is 8.83. The fourth-order valence-corrected chi connectivity index (χ4v) is 1.89. The molecule has 5 nitrogen and oxygen atoms in total. The number of hydrogen-bond donors (Lipinski definition) is 2. The van der Waals surface area contributed by atoms with E-state index in [0.29, 0.717) is 38.3 Å². The number of rotatable bonds is 8. The minimum Gasteiger partial charge on any atom is -0.389 e. The fraction of sp³-hybridized carbons (Fsp3) is 1.00. The highest BCUT2D eigenvalue weighted by atomic mass is 16.5. The van der Waals surface area contributed by atoms with Crippen LogP contribution in [0.1, 0.15) is 13.3 Å². The third kappa shape index (κ3) is 6.33. The van der Waals surface area contributed by atoms with E-state index in [0.717, 1.165) is 19.6 Å². The molecule has 0 radical (unpaired) electrons. The van der Waals surface area contributed by atoms with Crippen LogP contribution >= 0.6 is 0 Å². The highest BCUT2D eigenvalue weighted by Crippen LogP contribution is 2.13. The molecule has 2 N–H and O–H groups in total. The van der Waals surface area contributed by atoms with Crippen LogP contribution in [0.15, 0.2) is 0 Å². The van der Waals surface area contributed by atoms with E-state index in [1.807, 2.05) is 0 Å². The van der Waals surface area contributed by atoms with Crippen LogP contribution in [0, 0.1) is 5.92 Å². The van der Waals surface area contributed by atoms with Gasteiger partial charge < -0.3 is 24.6 Å². The minimum absolute atomic E-state index is 0.355. The molecule has 5 heteroatoms. The van der Waals surface area contributed by atoms with Gasteiger partial charge in [0.05, 0.1) is 32.5 Å². The molecule has 0 aromatic heterocycles. The highest BCUT2D eigenvalue weighted by molar-refractivity contribution is 4.77. The van der Waals surface area contributed by atoms with Gasteiger partial charge in [-0.3, -0.25) is 0 Å². The first-order valence-electron chi connectivity index (χ1n) is 6.30. The van der Waals surface area contributed by atoms with Gasteiger partial charge >= 0.3 is 0 Å². The molecule has 1 aliphatic heterocycles. The Kier molecular flexibility index (Phi) is 7.72. The van der Waals surface area contributed by atoms with Crippen molar-refractivity contribution < 1.29 is 19.3 Å². The first-order valence-corrected chi connectivity index (χ1v) is 6.30. The Bertz CT molecular complexity index is 191. The summed E-state index contributed by atoms with van der Waals surface area (Å²) in [4.78, 5) is 0. The van der Waals surface area contributed by atoms with Crippen molar-refractivity contribution in [2.45, 2.75) is 25.5 Å². The molecule has 3 atom stereocenters. The highest BCUT2D eigenvalue weighted by Gasteiger charge is 2.21. The molecule has 1 aliphatic rings. The van der Waals surface area contributed by atoms with Crippen LogP contribution in [-0.2, 0) is 14.2 Å². The molecule has 1 heterocycles. The Morgan fingerprint density at radius 2 is 2.29 bits per heavy atom. The van der Waals surface area contributed by atoms with Crippen molar-refractivity contribution >= 4 is 0 Å². The van der Waals surface area contributed by atoms with E-state index in [-0.39, 0.29) is 0 Å². The van der Waals surface area contributed by atoms with Gasteiger partial charge in [-0.05, 0) is 12.3 Å². The van der Waals surface area contributed by atoms with Gasteiger partial charge in [-0.2, -0.15) is 0 Å². The maximum Gasteiger partial charge on any atom is 0.0897 e. The van der Waals surface area contributed by atoms with Crippen molar-refractivity contribution in [3.05, 3.63) is 0 Å². The summed E-state index contributed by atoms with van der Waals surface area (Å²) in [6.07, 6.45) is 0.556. The summed E-state index contributed by atoms with van der Waals surface area (Å²) in [5.74, 6) is 0.505. The Morgan fingerprint density at radius 1 is 1.47 bits per heavy atom.